The molecule has 4 nitrogen and oxygen atoms in total. The molecule has 0 radical (unpaired) electrons. The molecule has 6 heteroatoms. The van der Waals surface area contributed by atoms with E-state index in [0.717, 1.165) is 47.1 Å². The molecular weight excluding hydrogens is 347 g/mol. The number of piperidine rings is 1. The average molecular weight is 370 g/mol. The third-order valence-electron chi connectivity index (χ3n) is 4.79. The van der Waals surface area contributed by atoms with Gasteiger partial charge in [-0.25, -0.2) is 9.37 Å². The number of halogens is 1. The molecule has 0 aliphatic carbocycles. The van der Waals surface area contributed by atoms with Crippen LogP contribution in [0.25, 0.3) is 10.2 Å². The Morgan fingerprint density at radius 1 is 1.12 bits per heavy atom. The molecular formula is C20H23FN4S. The SMILES string of the molecule is CCc1cc2c(NCc3ccc(F)cc3)nc(N3CCCCC3)nc2s1. The molecule has 3 heterocycles. The van der Waals surface area contributed by atoms with E-state index in [1.54, 1.807) is 23.5 Å². The topological polar surface area (TPSA) is 41.1 Å². The molecule has 4 rings (SSSR count). The Kier molecular flexibility index (Phi) is 5.02. The summed E-state index contributed by atoms with van der Waals surface area (Å²) in [5, 5.41) is 4.53. The summed E-state index contributed by atoms with van der Waals surface area (Å²) in [6.45, 7) is 4.82. The summed E-state index contributed by atoms with van der Waals surface area (Å²) in [5.41, 5.74) is 1.03. The number of benzene rings is 1. The van der Waals surface area contributed by atoms with Gasteiger partial charge in [0.25, 0.3) is 0 Å². The van der Waals surface area contributed by atoms with Gasteiger partial charge in [0.15, 0.2) is 0 Å². The zero-order valence-electron chi connectivity index (χ0n) is 15.0. The summed E-state index contributed by atoms with van der Waals surface area (Å²) in [4.78, 5) is 14.3. The van der Waals surface area contributed by atoms with Gasteiger partial charge in [0, 0.05) is 24.5 Å². The number of fused-ring (bicyclic) bond motifs is 1. The molecule has 0 spiro atoms. The van der Waals surface area contributed by atoms with Crippen molar-refractivity contribution in [1.82, 2.24) is 9.97 Å². The van der Waals surface area contributed by atoms with Crippen molar-refractivity contribution in [3.05, 3.63) is 46.6 Å². The molecule has 1 aliphatic heterocycles. The predicted molar refractivity (Wildman–Crippen MR) is 107 cm³/mol. The largest absolute Gasteiger partial charge is 0.365 e. The summed E-state index contributed by atoms with van der Waals surface area (Å²) >= 11 is 1.75. The van der Waals surface area contributed by atoms with Gasteiger partial charge < -0.3 is 10.2 Å². The minimum atomic E-state index is -0.212. The predicted octanol–water partition coefficient (Wildman–Crippen LogP) is 5.00. The van der Waals surface area contributed by atoms with E-state index in [9.17, 15) is 4.39 Å². The van der Waals surface area contributed by atoms with E-state index in [-0.39, 0.29) is 5.82 Å². The van der Waals surface area contributed by atoms with Crippen LogP contribution >= 0.6 is 11.3 Å². The van der Waals surface area contributed by atoms with Crippen LogP contribution in [-0.2, 0) is 13.0 Å². The number of thiophene rings is 1. The van der Waals surface area contributed by atoms with Crippen LogP contribution in [0.15, 0.2) is 30.3 Å². The van der Waals surface area contributed by atoms with Crippen molar-refractivity contribution in [3.63, 3.8) is 0 Å². The van der Waals surface area contributed by atoms with Gasteiger partial charge in [-0.1, -0.05) is 19.1 Å². The van der Waals surface area contributed by atoms with Gasteiger partial charge >= 0.3 is 0 Å². The maximum Gasteiger partial charge on any atom is 0.228 e. The zero-order valence-corrected chi connectivity index (χ0v) is 15.8. The van der Waals surface area contributed by atoms with E-state index in [1.807, 2.05) is 0 Å². The summed E-state index contributed by atoms with van der Waals surface area (Å²) in [6.07, 6.45) is 4.68. The van der Waals surface area contributed by atoms with Crippen molar-refractivity contribution >= 4 is 33.3 Å². The number of hydrogen-bond acceptors (Lipinski definition) is 5. The highest BCUT2D eigenvalue weighted by molar-refractivity contribution is 7.18. The minimum Gasteiger partial charge on any atom is -0.365 e. The molecule has 0 unspecified atom stereocenters. The maximum atomic E-state index is 13.1. The Bertz CT molecular complexity index is 885. The number of aromatic nitrogens is 2. The molecule has 2 aromatic heterocycles. The van der Waals surface area contributed by atoms with Crippen molar-refractivity contribution < 1.29 is 4.39 Å². The van der Waals surface area contributed by atoms with Gasteiger partial charge in [0.2, 0.25) is 5.95 Å². The average Bonchev–Trinajstić information content (AvgIpc) is 3.11. The Labute approximate surface area is 157 Å². The highest BCUT2D eigenvalue weighted by atomic mass is 32.1. The lowest BCUT2D eigenvalue weighted by atomic mass is 10.1. The molecule has 3 aromatic rings. The van der Waals surface area contributed by atoms with Gasteiger partial charge in [0.05, 0.1) is 5.39 Å². The number of aryl methyl sites for hydroxylation is 1. The van der Waals surface area contributed by atoms with E-state index in [2.05, 4.69) is 23.2 Å². The molecule has 26 heavy (non-hydrogen) atoms. The first-order chi connectivity index (χ1) is 12.7. The number of hydrogen-bond donors (Lipinski definition) is 1. The van der Waals surface area contributed by atoms with Crippen molar-refractivity contribution in [2.45, 2.75) is 39.2 Å². The number of rotatable bonds is 5. The van der Waals surface area contributed by atoms with Crippen LogP contribution in [0.2, 0.25) is 0 Å². The van der Waals surface area contributed by atoms with Crippen molar-refractivity contribution in [2.75, 3.05) is 23.3 Å². The Morgan fingerprint density at radius 2 is 1.88 bits per heavy atom. The van der Waals surface area contributed by atoms with Crippen LogP contribution in [0.4, 0.5) is 16.2 Å². The molecule has 0 amide bonds. The van der Waals surface area contributed by atoms with Gasteiger partial charge in [-0.15, -0.1) is 11.3 Å². The fourth-order valence-electron chi connectivity index (χ4n) is 3.29. The highest BCUT2D eigenvalue weighted by Gasteiger charge is 2.17. The first-order valence-corrected chi connectivity index (χ1v) is 10.1. The third kappa shape index (κ3) is 3.65. The normalized spacial score (nSPS) is 14.8. The summed E-state index contributed by atoms with van der Waals surface area (Å²) in [6, 6.07) is 8.78. The minimum absolute atomic E-state index is 0.212. The monoisotopic (exact) mass is 370 g/mol. The van der Waals surface area contributed by atoms with E-state index in [0.29, 0.717) is 6.54 Å². The van der Waals surface area contributed by atoms with Crippen molar-refractivity contribution in [2.24, 2.45) is 0 Å². The lowest BCUT2D eigenvalue weighted by molar-refractivity contribution is 0.569. The fraction of sp³-hybridized carbons (Fsp3) is 0.400. The van der Waals surface area contributed by atoms with Crippen LogP contribution < -0.4 is 10.2 Å². The molecule has 1 saturated heterocycles. The highest BCUT2D eigenvalue weighted by Crippen LogP contribution is 2.32. The van der Waals surface area contributed by atoms with Crippen LogP contribution in [0.5, 0.6) is 0 Å². The smallest absolute Gasteiger partial charge is 0.228 e. The molecule has 0 bridgehead atoms. The second kappa shape index (κ2) is 7.58. The molecule has 1 aliphatic rings. The van der Waals surface area contributed by atoms with E-state index in [1.165, 1.54) is 36.3 Å². The molecule has 1 aromatic carbocycles. The number of anilines is 2. The number of nitrogens with one attached hydrogen (secondary N) is 1. The van der Waals surface area contributed by atoms with Crippen LogP contribution in [0.1, 0.15) is 36.6 Å². The lowest BCUT2D eigenvalue weighted by Gasteiger charge is -2.27. The quantitative estimate of drug-likeness (QED) is 0.686. The summed E-state index contributed by atoms with van der Waals surface area (Å²) in [5.74, 6) is 1.48. The maximum absolute atomic E-state index is 13.1. The third-order valence-corrected chi connectivity index (χ3v) is 5.97. The standard InChI is InChI=1S/C20H23FN4S/c1-2-16-12-17-18(22-13-14-6-8-15(21)9-7-14)23-20(24-19(17)26-16)25-10-4-3-5-11-25/h6-9,12H,2-5,10-11,13H2,1H3,(H,22,23,24). The fourth-order valence-corrected chi connectivity index (χ4v) is 4.25. The van der Waals surface area contributed by atoms with Crippen LogP contribution in [0.3, 0.4) is 0 Å². The number of nitrogens with zero attached hydrogens (tertiary/aromatic N) is 3. The van der Waals surface area contributed by atoms with Crippen LogP contribution in [0, 0.1) is 5.82 Å². The summed E-state index contributed by atoms with van der Waals surface area (Å²) in [7, 11) is 0. The molecule has 1 fully saturated rings. The molecule has 136 valence electrons. The Balaban J connectivity index is 1.65. The van der Waals surface area contributed by atoms with Gasteiger partial charge in [-0.2, -0.15) is 4.98 Å². The van der Waals surface area contributed by atoms with Crippen molar-refractivity contribution in [3.8, 4) is 0 Å². The van der Waals surface area contributed by atoms with E-state index in [4.69, 9.17) is 9.97 Å². The first kappa shape index (κ1) is 17.2. The lowest BCUT2D eigenvalue weighted by Crippen LogP contribution is -2.31. The van der Waals surface area contributed by atoms with Gasteiger partial charge in [0.1, 0.15) is 16.5 Å². The second-order valence-electron chi connectivity index (χ2n) is 6.69. The van der Waals surface area contributed by atoms with E-state index < -0.39 is 0 Å². The summed E-state index contributed by atoms with van der Waals surface area (Å²) < 4.78 is 13.1. The Morgan fingerprint density at radius 3 is 2.62 bits per heavy atom. The van der Waals surface area contributed by atoms with Gasteiger partial charge in [-0.3, -0.25) is 0 Å². The van der Waals surface area contributed by atoms with E-state index >= 15 is 0 Å². The first-order valence-electron chi connectivity index (χ1n) is 9.26. The van der Waals surface area contributed by atoms with Gasteiger partial charge in [-0.05, 0) is 49.4 Å². The van der Waals surface area contributed by atoms with Crippen molar-refractivity contribution in [1.29, 1.82) is 0 Å². The molecule has 0 atom stereocenters. The van der Waals surface area contributed by atoms with Crippen LogP contribution in [-0.4, -0.2) is 23.1 Å². The zero-order chi connectivity index (χ0) is 17.9. The molecule has 1 N–H and O–H groups in total. The Hall–Kier alpha value is -2.21. The molecule has 0 saturated carbocycles. The second-order valence-corrected chi connectivity index (χ2v) is 7.80.